The van der Waals surface area contributed by atoms with Crippen LogP contribution in [0.25, 0.3) is 0 Å². The Bertz CT molecular complexity index is 278. The molecule has 0 radical (unpaired) electrons. The monoisotopic (exact) mass is 194 g/mol. The van der Waals surface area contributed by atoms with E-state index in [4.69, 9.17) is 0 Å². The summed E-state index contributed by atoms with van der Waals surface area (Å²) in [7, 11) is 0. The van der Waals surface area contributed by atoms with Crippen LogP contribution in [0.1, 0.15) is 12.8 Å². The third kappa shape index (κ3) is 2.45. The summed E-state index contributed by atoms with van der Waals surface area (Å²) in [5, 5.41) is 6.71. The van der Waals surface area contributed by atoms with Gasteiger partial charge in [-0.2, -0.15) is 0 Å². The number of halogens is 1. The van der Waals surface area contributed by atoms with Crippen molar-refractivity contribution in [3.8, 4) is 0 Å². The van der Waals surface area contributed by atoms with Crippen LogP contribution in [0.3, 0.4) is 0 Å². The Kier molecular flexibility index (Phi) is 2.99. The highest BCUT2D eigenvalue weighted by molar-refractivity contribution is 5.43. The topological polar surface area (TPSA) is 24.1 Å². The Hall–Kier alpha value is -1.09. The van der Waals surface area contributed by atoms with Crippen molar-refractivity contribution >= 4 is 5.69 Å². The smallest absolute Gasteiger partial charge is 0.123 e. The highest BCUT2D eigenvalue weighted by atomic mass is 19.1. The molecule has 14 heavy (non-hydrogen) atoms. The number of hydrogen-bond acceptors (Lipinski definition) is 2. The predicted octanol–water partition coefficient (Wildman–Crippen LogP) is 1.99. The van der Waals surface area contributed by atoms with Gasteiger partial charge in [-0.1, -0.05) is 0 Å². The van der Waals surface area contributed by atoms with E-state index in [1.165, 1.54) is 25.0 Å². The zero-order valence-electron chi connectivity index (χ0n) is 8.09. The maximum atomic E-state index is 12.6. The fourth-order valence-electron chi connectivity index (χ4n) is 1.76. The third-order valence-corrected chi connectivity index (χ3v) is 2.51. The van der Waals surface area contributed by atoms with E-state index in [-0.39, 0.29) is 5.82 Å². The molecule has 2 rings (SSSR count). The van der Waals surface area contributed by atoms with E-state index in [1.54, 1.807) is 12.1 Å². The first-order valence-electron chi connectivity index (χ1n) is 5.07. The molecule has 1 aromatic rings. The molecule has 1 atom stereocenters. The minimum absolute atomic E-state index is 0.183. The van der Waals surface area contributed by atoms with Gasteiger partial charge in [0.2, 0.25) is 0 Å². The van der Waals surface area contributed by atoms with E-state index in [0.29, 0.717) is 6.04 Å². The molecule has 2 nitrogen and oxygen atoms in total. The zero-order chi connectivity index (χ0) is 9.80. The van der Waals surface area contributed by atoms with Gasteiger partial charge in [0.25, 0.3) is 0 Å². The molecule has 0 aromatic heterocycles. The van der Waals surface area contributed by atoms with Crippen molar-refractivity contribution in [2.45, 2.75) is 18.9 Å². The number of benzene rings is 1. The fraction of sp³-hybridized carbons (Fsp3) is 0.455. The molecule has 76 valence electrons. The predicted molar refractivity (Wildman–Crippen MR) is 55.9 cm³/mol. The second-order valence-electron chi connectivity index (χ2n) is 3.69. The van der Waals surface area contributed by atoms with Crippen LogP contribution in [0.4, 0.5) is 10.1 Å². The van der Waals surface area contributed by atoms with Crippen molar-refractivity contribution in [1.82, 2.24) is 5.32 Å². The van der Waals surface area contributed by atoms with Gasteiger partial charge in [0.15, 0.2) is 0 Å². The summed E-state index contributed by atoms with van der Waals surface area (Å²) in [6.07, 6.45) is 2.39. The van der Waals surface area contributed by atoms with Crippen LogP contribution in [-0.4, -0.2) is 19.1 Å². The number of hydrogen-bond donors (Lipinski definition) is 2. The van der Waals surface area contributed by atoms with Gasteiger partial charge in [-0.05, 0) is 43.7 Å². The number of anilines is 1. The first-order chi connectivity index (χ1) is 6.84. The summed E-state index contributed by atoms with van der Waals surface area (Å²) in [5.74, 6) is -0.183. The van der Waals surface area contributed by atoms with Gasteiger partial charge in [-0.3, -0.25) is 0 Å². The van der Waals surface area contributed by atoms with Crippen LogP contribution in [-0.2, 0) is 0 Å². The average molecular weight is 194 g/mol. The summed E-state index contributed by atoms with van der Waals surface area (Å²) < 4.78 is 12.6. The van der Waals surface area contributed by atoms with Crippen LogP contribution in [0.5, 0.6) is 0 Å². The van der Waals surface area contributed by atoms with Gasteiger partial charge in [-0.25, -0.2) is 4.39 Å². The van der Waals surface area contributed by atoms with Crippen LogP contribution in [0, 0.1) is 5.82 Å². The van der Waals surface area contributed by atoms with E-state index in [1.807, 2.05) is 0 Å². The van der Waals surface area contributed by atoms with E-state index < -0.39 is 0 Å². The molecule has 3 heteroatoms. The van der Waals surface area contributed by atoms with Gasteiger partial charge < -0.3 is 10.6 Å². The Morgan fingerprint density at radius 3 is 2.71 bits per heavy atom. The molecule has 0 spiro atoms. The molecule has 1 aromatic carbocycles. The lowest BCUT2D eigenvalue weighted by Crippen LogP contribution is -2.38. The third-order valence-electron chi connectivity index (χ3n) is 2.51. The highest BCUT2D eigenvalue weighted by Gasteiger charge is 2.11. The summed E-state index contributed by atoms with van der Waals surface area (Å²) in [6, 6.07) is 7.01. The SMILES string of the molecule is Fc1ccc(NC2CCCNC2)cc1. The van der Waals surface area contributed by atoms with Crippen molar-refractivity contribution in [2.75, 3.05) is 18.4 Å². The largest absolute Gasteiger partial charge is 0.381 e. The molecule has 0 bridgehead atoms. The Balaban J connectivity index is 1.92. The second-order valence-corrected chi connectivity index (χ2v) is 3.69. The lowest BCUT2D eigenvalue weighted by atomic mass is 10.1. The van der Waals surface area contributed by atoms with Gasteiger partial charge in [0.05, 0.1) is 0 Å². The van der Waals surface area contributed by atoms with Crippen molar-refractivity contribution in [1.29, 1.82) is 0 Å². The molecule has 1 saturated heterocycles. The van der Waals surface area contributed by atoms with Crippen LogP contribution >= 0.6 is 0 Å². The van der Waals surface area contributed by atoms with Crippen LogP contribution in [0.2, 0.25) is 0 Å². The lowest BCUT2D eigenvalue weighted by molar-refractivity contribution is 0.480. The second kappa shape index (κ2) is 4.42. The molecule has 1 unspecified atom stereocenters. The molecule has 0 amide bonds. The zero-order valence-corrected chi connectivity index (χ0v) is 8.09. The molecule has 1 heterocycles. The van der Waals surface area contributed by atoms with Crippen molar-refractivity contribution in [2.24, 2.45) is 0 Å². The van der Waals surface area contributed by atoms with E-state index in [9.17, 15) is 4.39 Å². The Morgan fingerprint density at radius 2 is 2.07 bits per heavy atom. The molecular formula is C11H15FN2. The minimum Gasteiger partial charge on any atom is -0.381 e. The first kappa shape index (κ1) is 9.46. The summed E-state index contributed by atoms with van der Waals surface area (Å²) in [4.78, 5) is 0. The minimum atomic E-state index is -0.183. The Labute approximate surface area is 83.5 Å². The summed E-state index contributed by atoms with van der Waals surface area (Å²) >= 11 is 0. The fourth-order valence-corrected chi connectivity index (χ4v) is 1.76. The first-order valence-corrected chi connectivity index (χ1v) is 5.07. The van der Waals surface area contributed by atoms with Gasteiger partial charge in [-0.15, -0.1) is 0 Å². The standard InChI is InChI=1S/C11H15FN2/c12-9-3-5-10(6-4-9)14-11-2-1-7-13-8-11/h3-6,11,13-14H,1-2,7-8H2. The molecular weight excluding hydrogens is 179 g/mol. The molecule has 1 aliphatic rings. The van der Waals surface area contributed by atoms with E-state index >= 15 is 0 Å². The molecule has 0 aliphatic carbocycles. The van der Waals surface area contributed by atoms with Gasteiger partial charge >= 0.3 is 0 Å². The van der Waals surface area contributed by atoms with E-state index in [2.05, 4.69) is 10.6 Å². The van der Waals surface area contributed by atoms with Crippen LogP contribution < -0.4 is 10.6 Å². The number of piperidine rings is 1. The number of nitrogens with one attached hydrogen (secondary N) is 2. The molecule has 0 saturated carbocycles. The van der Waals surface area contributed by atoms with E-state index in [0.717, 1.165) is 18.8 Å². The van der Waals surface area contributed by atoms with Gasteiger partial charge in [0, 0.05) is 18.3 Å². The summed E-state index contributed by atoms with van der Waals surface area (Å²) in [5.41, 5.74) is 1.00. The highest BCUT2D eigenvalue weighted by Crippen LogP contribution is 2.12. The normalized spacial score (nSPS) is 21.9. The lowest BCUT2D eigenvalue weighted by Gasteiger charge is -2.24. The number of rotatable bonds is 2. The van der Waals surface area contributed by atoms with Crippen molar-refractivity contribution < 1.29 is 4.39 Å². The quantitative estimate of drug-likeness (QED) is 0.752. The molecule has 2 N–H and O–H groups in total. The Morgan fingerprint density at radius 1 is 1.29 bits per heavy atom. The average Bonchev–Trinajstić information content (AvgIpc) is 2.23. The maximum Gasteiger partial charge on any atom is 0.123 e. The van der Waals surface area contributed by atoms with Gasteiger partial charge in [0.1, 0.15) is 5.82 Å². The van der Waals surface area contributed by atoms with Crippen LogP contribution in [0.15, 0.2) is 24.3 Å². The van der Waals surface area contributed by atoms with Crippen molar-refractivity contribution in [3.63, 3.8) is 0 Å². The summed E-state index contributed by atoms with van der Waals surface area (Å²) in [6.45, 7) is 2.11. The van der Waals surface area contributed by atoms with Crippen molar-refractivity contribution in [3.05, 3.63) is 30.1 Å². The molecule has 1 aliphatic heterocycles. The maximum absolute atomic E-state index is 12.6. The molecule has 1 fully saturated rings.